The van der Waals surface area contributed by atoms with E-state index in [2.05, 4.69) is 4.90 Å². The van der Waals surface area contributed by atoms with Gasteiger partial charge >= 0.3 is 0 Å². The van der Waals surface area contributed by atoms with Gasteiger partial charge in [-0.05, 0) is 31.6 Å². The highest BCUT2D eigenvalue weighted by Gasteiger charge is 2.17. The van der Waals surface area contributed by atoms with Crippen molar-refractivity contribution < 1.29 is 17.3 Å². The molecule has 0 atom stereocenters. The van der Waals surface area contributed by atoms with Crippen molar-refractivity contribution in [1.82, 2.24) is 4.90 Å². The average molecular weight is 321 g/mol. The van der Waals surface area contributed by atoms with Crippen LogP contribution in [-0.2, 0) is 19.0 Å². The van der Waals surface area contributed by atoms with E-state index in [1.54, 1.807) is 7.11 Å². The van der Waals surface area contributed by atoms with Gasteiger partial charge in [-0.2, -0.15) is 8.42 Å². The van der Waals surface area contributed by atoms with Crippen molar-refractivity contribution >= 4 is 10.1 Å². The minimum absolute atomic E-state index is 0.282. The highest BCUT2D eigenvalue weighted by Crippen LogP contribution is 2.24. The SMILES string of the molecule is COCCCN(CCCOS(C)(=O)=O)CC1CCCCC1. The van der Waals surface area contributed by atoms with Crippen LogP contribution in [0.5, 0.6) is 0 Å². The second kappa shape index (κ2) is 10.5. The van der Waals surface area contributed by atoms with E-state index in [0.717, 1.165) is 51.3 Å². The first kappa shape index (κ1) is 18.9. The molecule has 1 saturated carbocycles. The van der Waals surface area contributed by atoms with Crippen molar-refractivity contribution in [1.29, 1.82) is 0 Å². The topological polar surface area (TPSA) is 55.8 Å². The number of hydrogen-bond acceptors (Lipinski definition) is 5. The standard InChI is InChI=1S/C15H31NO4S/c1-19-12-6-10-16(11-7-13-20-21(2,17)18)14-15-8-4-3-5-9-15/h15H,3-14H2,1-2H3. The van der Waals surface area contributed by atoms with Gasteiger partial charge in [-0.3, -0.25) is 4.18 Å². The molecule has 1 rings (SSSR count). The van der Waals surface area contributed by atoms with E-state index >= 15 is 0 Å². The summed E-state index contributed by atoms with van der Waals surface area (Å²) >= 11 is 0. The van der Waals surface area contributed by atoms with Gasteiger partial charge in [-0.25, -0.2) is 0 Å². The van der Waals surface area contributed by atoms with Crippen LogP contribution in [0.15, 0.2) is 0 Å². The molecule has 0 unspecified atom stereocenters. The van der Waals surface area contributed by atoms with Gasteiger partial charge in [0, 0.05) is 33.4 Å². The Kier molecular flexibility index (Phi) is 9.47. The van der Waals surface area contributed by atoms with Crippen molar-refractivity contribution in [3.63, 3.8) is 0 Å². The smallest absolute Gasteiger partial charge is 0.264 e. The van der Waals surface area contributed by atoms with Crippen LogP contribution in [0, 0.1) is 5.92 Å². The van der Waals surface area contributed by atoms with Crippen molar-refractivity contribution in [2.75, 3.05) is 46.2 Å². The van der Waals surface area contributed by atoms with E-state index in [-0.39, 0.29) is 6.61 Å². The Morgan fingerprint density at radius 1 is 1.05 bits per heavy atom. The molecule has 0 bridgehead atoms. The van der Waals surface area contributed by atoms with Gasteiger partial charge in [0.25, 0.3) is 10.1 Å². The maximum atomic E-state index is 11.0. The number of methoxy groups -OCH3 is 1. The molecule has 126 valence electrons. The van der Waals surface area contributed by atoms with Crippen molar-refractivity contribution in [2.45, 2.75) is 44.9 Å². The quantitative estimate of drug-likeness (QED) is 0.432. The lowest BCUT2D eigenvalue weighted by Gasteiger charge is -2.29. The monoisotopic (exact) mass is 321 g/mol. The summed E-state index contributed by atoms with van der Waals surface area (Å²) < 4.78 is 31.8. The van der Waals surface area contributed by atoms with Gasteiger partial charge in [-0.1, -0.05) is 19.3 Å². The van der Waals surface area contributed by atoms with E-state index in [0.29, 0.717) is 0 Å². The van der Waals surface area contributed by atoms with E-state index in [9.17, 15) is 8.42 Å². The third kappa shape index (κ3) is 10.2. The maximum Gasteiger partial charge on any atom is 0.264 e. The first-order valence-electron chi connectivity index (χ1n) is 8.07. The second-order valence-electron chi connectivity index (χ2n) is 6.03. The summed E-state index contributed by atoms with van der Waals surface area (Å²) in [5.74, 6) is 0.803. The molecule has 0 aromatic heterocycles. The van der Waals surface area contributed by atoms with Crippen LogP contribution in [0.25, 0.3) is 0 Å². The zero-order chi connectivity index (χ0) is 15.6. The summed E-state index contributed by atoms with van der Waals surface area (Å²) in [4.78, 5) is 2.45. The minimum Gasteiger partial charge on any atom is -0.385 e. The number of rotatable bonds is 11. The van der Waals surface area contributed by atoms with E-state index in [1.807, 2.05) is 0 Å². The molecule has 5 nitrogen and oxygen atoms in total. The molecule has 6 heteroatoms. The molecule has 0 aliphatic heterocycles. The van der Waals surface area contributed by atoms with Crippen molar-refractivity contribution in [3.8, 4) is 0 Å². The summed E-state index contributed by atoms with van der Waals surface area (Å²) in [6.07, 6.45) is 9.64. The van der Waals surface area contributed by atoms with E-state index < -0.39 is 10.1 Å². The summed E-state index contributed by atoms with van der Waals surface area (Å²) in [5, 5.41) is 0. The van der Waals surface area contributed by atoms with Gasteiger partial charge in [0.1, 0.15) is 0 Å². The van der Waals surface area contributed by atoms with Crippen LogP contribution in [0.2, 0.25) is 0 Å². The zero-order valence-corrected chi connectivity index (χ0v) is 14.4. The lowest BCUT2D eigenvalue weighted by Crippen LogP contribution is -2.33. The molecule has 0 N–H and O–H groups in total. The molecular formula is C15H31NO4S. The Morgan fingerprint density at radius 2 is 1.67 bits per heavy atom. The highest BCUT2D eigenvalue weighted by atomic mass is 32.2. The lowest BCUT2D eigenvalue weighted by atomic mass is 9.89. The Bertz CT molecular complexity index is 353. The third-order valence-electron chi connectivity index (χ3n) is 3.98. The van der Waals surface area contributed by atoms with Crippen LogP contribution in [0.1, 0.15) is 44.9 Å². The van der Waals surface area contributed by atoms with Gasteiger partial charge in [0.2, 0.25) is 0 Å². The van der Waals surface area contributed by atoms with Gasteiger partial charge in [-0.15, -0.1) is 0 Å². The zero-order valence-electron chi connectivity index (χ0n) is 13.6. The van der Waals surface area contributed by atoms with Crippen LogP contribution in [-0.4, -0.2) is 59.5 Å². The Morgan fingerprint density at radius 3 is 2.24 bits per heavy atom. The molecule has 21 heavy (non-hydrogen) atoms. The molecule has 0 radical (unpaired) electrons. The molecule has 0 aromatic rings. The molecule has 0 saturated heterocycles. The number of hydrogen-bond donors (Lipinski definition) is 0. The number of ether oxygens (including phenoxy) is 1. The Balaban J connectivity index is 2.28. The summed E-state index contributed by atoms with van der Waals surface area (Å²) in [6, 6.07) is 0. The fraction of sp³-hybridized carbons (Fsp3) is 1.00. The Labute approximate surface area is 130 Å². The molecule has 1 aliphatic carbocycles. The molecule has 1 aliphatic rings. The van der Waals surface area contributed by atoms with Crippen LogP contribution >= 0.6 is 0 Å². The van der Waals surface area contributed by atoms with Gasteiger partial charge < -0.3 is 9.64 Å². The maximum absolute atomic E-state index is 11.0. The van der Waals surface area contributed by atoms with Gasteiger partial charge in [0.05, 0.1) is 12.9 Å². The molecule has 0 spiro atoms. The lowest BCUT2D eigenvalue weighted by molar-refractivity contribution is 0.150. The fourth-order valence-corrected chi connectivity index (χ4v) is 3.38. The van der Waals surface area contributed by atoms with Crippen LogP contribution in [0.4, 0.5) is 0 Å². The van der Waals surface area contributed by atoms with Crippen molar-refractivity contribution in [3.05, 3.63) is 0 Å². The molecule has 0 aromatic carbocycles. The first-order valence-corrected chi connectivity index (χ1v) is 9.88. The normalized spacial score (nSPS) is 17.5. The second-order valence-corrected chi connectivity index (χ2v) is 7.67. The predicted molar refractivity (Wildman–Crippen MR) is 84.9 cm³/mol. The largest absolute Gasteiger partial charge is 0.385 e. The average Bonchev–Trinajstić information content (AvgIpc) is 2.43. The summed E-state index contributed by atoms with van der Waals surface area (Å²) in [6.45, 7) is 4.10. The number of nitrogens with zero attached hydrogens (tertiary/aromatic N) is 1. The summed E-state index contributed by atoms with van der Waals surface area (Å²) in [7, 11) is -1.58. The predicted octanol–water partition coefficient (Wildman–Crippen LogP) is 2.27. The van der Waals surface area contributed by atoms with E-state index in [4.69, 9.17) is 8.92 Å². The molecule has 0 amide bonds. The van der Waals surface area contributed by atoms with Crippen molar-refractivity contribution in [2.24, 2.45) is 5.92 Å². The molecule has 0 heterocycles. The minimum atomic E-state index is -3.31. The summed E-state index contributed by atoms with van der Waals surface area (Å²) in [5.41, 5.74) is 0. The third-order valence-corrected chi connectivity index (χ3v) is 4.57. The molecule has 1 fully saturated rings. The highest BCUT2D eigenvalue weighted by molar-refractivity contribution is 7.85. The van der Waals surface area contributed by atoms with Gasteiger partial charge in [0.15, 0.2) is 0 Å². The van der Waals surface area contributed by atoms with Crippen LogP contribution < -0.4 is 0 Å². The molecular weight excluding hydrogens is 290 g/mol. The fourth-order valence-electron chi connectivity index (χ4n) is 2.96. The first-order chi connectivity index (χ1) is 10.0. The Hall–Kier alpha value is -0.170. The van der Waals surface area contributed by atoms with Crippen LogP contribution in [0.3, 0.4) is 0 Å². The van der Waals surface area contributed by atoms with E-state index in [1.165, 1.54) is 32.1 Å².